The predicted octanol–water partition coefficient (Wildman–Crippen LogP) is 2.56. The summed E-state index contributed by atoms with van der Waals surface area (Å²) in [5.41, 5.74) is 6.24. The quantitative estimate of drug-likeness (QED) is 0.885. The monoisotopic (exact) mass is 295 g/mol. The van der Waals surface area contributed by atoms with Crippen molar-refractivity contribution in [1.29, 1.82) is 0 Å². The van der Waals surface area contributed by atoms with Crippen LogP contribution in [0.1, 0.15) is 5.76 Å². The molecule has 0 radical (unpaired) electrons. The van der Waals surface area contributed by atoms with E-state index in [0.29, 0.717) is 22.3 Å². The SMILES string of the molecule is COc1ccc(-c2ccc(CC(N)C(=O)O)o2)cc1Cl. The molecule has 2 rings (SSSR count). The summed E-state index contributed by atoms with van der Waals surface area (Å²) in [4.78, 5) is 10.7. The fraction of sp³-hybridized carbons (Fsp3) is 0.214. The molecule has 0 amide bonds. The zero-order valence-corrected chi connectivity index (χ0v) is 11.6. The van der Waals surface area contributed by atoms with Gasteiger partial charge in [-0.15, -0.1) is 0 Å². The van der Waals surface area contributed by atoms with Crippen molar-refractivity contribution in [1.82, 2.24) is 0 Å². The highest BCUT2D eigenvalue weighted by molar-refractivity contribution is 6.32. The van der Waals surface area contributed by atoms with E-state index in [0.717, 1.165) is 5.56 Å². The maximum Gasteiger partial charge on any atom is 0.320 e. The van der Waals surface area contributed by atoms with Crippen LogP contribution in [0, 0.1) is 0 Å². The summed E-state index contributed by atoms with van der Waals surface area (Å²) in [5, 5.41) is 9.24. The van der Waals surface area contributed by atoms with Crippen molar-refractivity contribution < 1.29 is 19.1 Å². The standard InChI is InChI=1S/C14H14ClNO4/c1-19-13-4-2-8(6-10(13)15)12-5-3-9(20-12)7-11(16)14(17)18/h2-6,11H,7,16H2,1H3,(H,17,18). The minimum absolute atomic E-state index is 0.138. The first-order valence-corrected chi connectivity index (χ1v) is 6.30. The lowest BCUT2D eigenvalue weighted by molar-refractivity contribution is -0.138. The van der Waals surface area contributed by atoms with Gasteiger partial charge in [-0.3, -0.25) is 4.79 Å². The van der Waals surface area contributed by atoms with Crippen LogP contribution in [0.3, 0.4) is 0 Å². The van der Waals surface area contributed by atoms with Gasteiger partial charge in [0.05, 0.1) is 12.1 Å². The number of nitrogens with two attached hydrogens (primary N) is 1. The zero-order valence-electron chi connectivity index (χ0n) is 10.8. The van der Waals surface area contributed by atoms with Crippen molar-refractivity contribution in [3.05, 3.63) is 41.1 Å². The van der Waals surface area contributed by atoms with Gasteiger partial charge in [-0.2, -0.15) is 0 Å². The molecule has 3 N–H and O–H groups in total. The van der Waals surface area contributed by atoms with E-state index in [9.17, 15) is 4.79 Å². The first kappa shape index (κ1) is 14.4. The number of halogens is 1. The van der Waals surface area contributed by atoms with Gasteiger partial charge in [0.1, 0.15) is 23.3 Å². The first-order valence-electron chi connectivity index (χ1n) is 5.92. The molecule has 0 aliphatic heterocycles. The van der Waals surface area contributed by atoms with Gasteiger partial charge in [0.15, 0.2) is 0 Å². The molecular formula is C14H14ClNO4. The molecule has 0 saturated carbocycles. The van der Waals surface area contributed by atoms with Gasteiger partial charge in [0.2, 0.25) is 0 Å². The van der Waals surface area contributed by atoms with Gasteiger partial charge in [-0.05, 0) is 30.3 Å². The van der Waals surface area contributed by atoms with Crippen molar-refractivity contribution in [3.8, 4) is 17.1 Å². The second-order valence-corrected chi connectivity index (χ2v) is 4.67. The molecule has 1 aromatic heterocycles. The van der Waals surface area contributed by atoms with E-state index >= 15 is 0 Å². The van der Waals surface area contributed by atoms with E-state index in [1.807, 2.05) is 6.07 Å². The number of benzene rings is 1. The van der Waals surface area contributed by atoms with Crippen molar-refractivity contribution >= 4 is 17.6 Å². The average Bonchev–Trinajstić information content (AvgIpc) is 2.87. The van der Waals surface area contributed by atoms with Gasteiger partial charge >= 0.3 is 5.97 Å². The van der Waals surface area contributed by atoms with Crippen LogP contribution >= 0.6 is 11.6 Å². The number of aliphatic carboxylic acids is 1. The Balaban J connectivity index is 2.20. The van der Waals surface area contributed by atoms with Crippen LogP contribution < -0.4 is 10.5 Å². The molecule has 0 aliphatic carbocycles. The predicted molar refractivity (Wildman–Crippen MR) is 75.0 cm³/mol. The van der Waals surface area contributed by atoms with Crippen LogP contribution in [0.4, 0.5) is 0 Å². The Morgan fingerprint density at radius 2 is 2.20 bits per heavy atom. The summed E-state index contributed by atoms with van der Waals surface area (Å²) in [6.07, 6.45) is 0.138. The van der Waals surface area contributed by atoms with E-state index in [4.69, 9.17) is 31.6 Å². The first-order chi connectivity index (χ1) is 9.51. The summed E-state index contributed by atoms with van der Waals surface area (Å²) < 4.78 is 10.7. The van der Waals surface area contributed by atoms with E-state index < -0.39 is 12.0 Å². The molecule has 0 fully saturated rings. The smallest absolute Gasteiger partial charge is 0.320 e. The van der Waals surface area contributed by atoms with Crippen molar-refractivity contribution in [2.75, 3.05) is 7.11 Å². The third-order valence-corrected chi connectivity index (χ3v) is 3.13. The number of hydrogen-bond donors (Lipinski definition) is 2. The Bertz CT molecular complexity index is 623. The second kappa shape index (κ2) is 5.98. The van der Waals surface area contributed by atoms with Crippen LogP contribution in [0.15, 0.2) is 34.7 Å². The summed E-state index contributed by atoms with van der Waals surface area (Å²) >= 11 is 6.05. The Morgan fingerprint density at radius 3 is 2.80 bits per heavy atom. The van der Waals surface area contributed by atoms with E-state index in [1.54, 1.807) is 31.4 Å². The van der Waals surface area contributed by atoms with Crippen LogP contribution in [-0.2, 0) is 11.2 Å². The molecule has 0 bridgehead atoms. The normalized spacial score (nSPS) is 12.2. The Hall–Kier alpha value is -1.98. The van der Waals surface area contributed by atoms with Crippen LogP contribution in [0.5, 0.6) is 5.75 Å². The van der Waals surface area contributed by atoms with Crippen molar-refractivity contribution in [3.63, 3.8) is 0 Å². The summed E-state index contributed by atoms with van der Waals surface area (Å²) in [7, 11) is 1.54. The van der Waals surface area contributed by atoms with Crippen LogP contribution in [-0.4, -0.2) is 24.2 Å². The molecular weight excluding hydrogens is 282 g/mol. The maximum absolute atomic E-state index is 10.7. The second-order valence-electron chi connectivity index (χ2n) is 4.26. The molecule has 106 valence electrons. The Labute approximate surface area is 120 Å². The Morgan fingerprint density at radius 1 is 1.45 bits per heavy atom. The van der Waals surface area contributed by atoms with Gasteiger partial charge in [-0.1, -0.05) is 11.6 Å². The minimum atomic E-state index is -1.06. The number of carbonyl (C=O) groups is 1. The lowest BCUT2D eigenvalue weighted by Gasteiger charge is -2.05. The van der Waals surface area contributed by atoms with Crippen LogP contribution in [0.25, 0.3) is 11.3 Å². The highest BCUT2D eigenvalue weighted by Gasteiger charge is 2.15. The van der Waals surface area contributed by atoms with Gasteiger partial charge in [-0.25, -0.2) is 0 Å². The highest BCUT2D eigenvalue weighted by atomic mass is 35.5. The molecule has 0 aliphatic rings. The molecule has 1 heterocycles. The maximum atomic E-state index is 10.7. The van der Waals surface area contributed by atoms with E-state index in [1.165, 1.54) is 0 Å². The Kier molecular flexibility index (Phi) is 4.32. The number of ether oxygens (including phenoxy) is 1. The van der Waals surface area contributed by atoms with Crippen molar-refractivity contribution in [2.45, 2.75) is 12.5 Å². The molecule has 1 atom stereocenters. The number of methoxy groups -OCH3 is 1. The topological polar surface area (TPSA) is 85.7 Å². The fourth-order valence-corrected chi connectivity index (χ4v) is 2.02. The van der Waals surface area contributed by atoms with E-state index in [-0.39, 0.29) is 6.42 Å². The average molecular weight is 296 g/mol. The number of hydrogen-bond acceptors (Lipinski definition) is 4. The fourth-order valence-electron chi connectivity index (χ4n) is 1.77. The van der Waals surface area contributed by atoms with Crippen LogP contribution in [0.2, 0.25) is 5.02 Å². The summed E-state index contributed by atoms with van der Waals surface area (Å²) in [5.74, 6) is 0.634. The molecule has 20 heavy (non-hydrogen) atoms. The number of furan rings is 1. The molecule has 5 nitrogen and oxygen atoms in total. The molecule has 6 heteroatoms. The summed E-state index contributed by atoms with van der Waals surface area (Å²) in [6, 6.07) is 7.75. The van der Waals surface area contributed by atoms with Gasteiger partial charge < -0.3 is 20.0 Å². The highest BCUT2D eigenvalue weighted by Crippen LogP contribution is 2.31. The van der Waals surface area contributed by atoms with Gasteiger partial charge in [0.25, 0.3) is 0 Å². The molecule has 2 aromatic rings. The third kappa shape index (κ3) is 3.12. The molecule has 1 aromatic carbocycles. The lowest BCUT2D eigenvalue weighted by atomic mass is 10.1. The number of rotatable bonds is 5. The third-order valence-electron chi connectivity index (χ3n) is 2.84. The van der Waals surface area contributed by atoms with E-state index in [2.05, 4.69) is 0 Å². The summed E-state index contributed by atoms with van der Waals surface area (Å²) in [6.45, 7) is 0. The van der Waals surface area contributed by atoms with Gasteiger partial charge in [0, 0.05) is 12.0 Å². The van der Waals surface area contributed by atoms with Crippen molar-refractivity contribution in [2.24, 2.45) is 5.73 Å². The molecule has 0 spiro atoms. The number of carboxylic acid groups (broad SMARTS) is 1. The zero-order chi connectivity index (χ0) is 14.7. The molecule has 0 saturated heterocycles. The largest absolute Gasteiger partial charge is 0.495 e. The lowest BCUT2D eigenvalue weighted by Crippen LogP contribution is -2.32. The number of carboxylic acids is 1. The molecule has 1 unspecified atom stereocenters. The minimum Gasteiger partial charge on any atom is -0.495 e.